The summed E-state index contributed by atoms with van der Waals surface area (Å²) in [6, 6.07) is 0.389. The molecule has 1 fully saturated rings. The zero-order valence-corrected chi connectivity index (χ0v) is 10.8. The predicted molar refractivity (Wildman–Crippen MR) is 69.5 cm³/mol. The highest BCUT2D eigenvalue weighted by molar-refractivity contribution is 6.32. The van der Waals surface area contributed by atoms with Crippen LogP contribution in [0.2, 0.25) is 5.02 Å². The van der Waals surface area contributed by atoms with Crippen LogP contribution >= 0.6 is 11.6 Å². The summed E-state index contributed by atoms with van der Waals surface area (Å²) in [5.74, 6) is 1.29. The van der Waals surface area contributed by atoms with E-state index in [-0.39, 0.29) is 10.6 Å². The second-order valence-electron chi connectivity index (χ2n) is 4.68. The minimum absolute atomic E-state index is 0.158. The maximum Gasteiger partial charge on any atom is 0.271 e. The second-order valence-corrected chi connectivity index (χ2v) is 5.05. The maximum atomic E-state index is 11.3. The van der Waals surface area contributed by atoms with Gasteiger partial charge in [-0.3, -0.25) is 4.79 Å². The normalized spacial score (nSPS) is 24.6. The Bertz CT molecular complexity index is 432. The van der Waals surface area contributed by atoms with E-state index in [2.05, 4.69) is 22.2 Å². The van der Waals surface area contributed by atoms with E-state index in [0.717, 1.165) is 18.8 Å². The van der Waals surface area contributed by atoms with Crippen LogP contribution in [0.3, 0.4) is 0 Å². The summed E-state index contributed by atoms with van der Waals surface area (Å²) in [5.41, 5.74) is -0.285. The van der Waals surface area contributed by atoms with Crippen LogP contribution in [0, 0.1) is 5.92 Å². The van der Waals surface area contributed by atoms with Crippen molar-refractivity contribution in [2.24, 2.45) is 5.92 Å². The summed E-state index contributed by atoms with van der Waals surface area (Å²) < 4.78 is 0. The molecule has 5 heteroatoms. The fourth-order valence-electron chi connectivity index (χ4n) is 2.47. The van der Waals surface area contributed by atoms with Crippen molar-refractivity contribution in [3.63, 3.8) is 0 Å². The highest BCUT2D eigenvalue weighted by atomic mass is 35.5. The Hall–Kier alpha value is -1.03. The van der Waals surface area contributed by atoms with Gasteiger partial charge in [-0.15, -0.1) is 0 Å². The Morgan fingerprint density at radius 1 is 1.59 bits per heavy atom. The molecule has 0 aromatic carbocycles. The molecule has 2 atom stereocenters. The van der Waals surface area contributed by atoms with Crippen LogP contribution in [0.5, 0.6) is 0 Å². The topological polar surface area (TPSA) is 57.8 Å². The first-order valence-corrected chi connectivity index (χ1v) is 6.58. The van der Waals surface area contributed by atoms with Gasteiger partial charge in [0.15, 0.2) is 5.82 Å². The van der Waals surface area contributed by atoms with E-state index in [9.17, 15) is 4.79 Å². The summed E-state index contributed by atoms with van der Waals surface area (Å²) in [7, 11) is 0. The monoisotopic (exact) mass is 255 g/mol. The summed E-state index contributed by atoms with van der Waals surface area (Å²) in [6.07, 6.45) is 7.41. The predicted octanol–water partition coefficient (Wildman–Crippen LogP) is 2.80. The Kier molecular flexibility index (Phi) is 4.05. The molecule has 0 radical (unpaired) electrons. The molecule has 2 N–H and O–H groups in total. The Morgan fingerprint density at radius 3 is 3.18 bits per heavy atom. The van der Waals surface area contributed by atoms with Crippen molar-refractivity contribution in [2.45, 2.75) is 45.1 Å². The molecular weight excluding hydrogens is 238 g/mol. The van der Waals surface area contributed by atoms with E-state index in [4.69, 9.17) is 11.6 Å². The number of nitrogens with zero attached hydrogens (tertiary/aromatic N) is 1. The lowest BCUT2D eigenvalue weighted by atomic mass is 9.84. The average Bonchev–Trinajstić information content (AvgIpc) is 2.35. The van der Waals surface area contributed by atoms with Crippen molar-refractivity contribution in [1.29, 1.82) is 0 Å². The third-order valence-corrected chi connectivity index (χ3v) is 3.85. The first-order chi connectivity index (χ1) is 8.20. The van der Waals surface area contributed by atoms with Gasteiger partial charge in [-0.25, -0.2) is 4.98 Å². The lowest BCUT2D eigenvalue weighted by Gasteiger charge is -2.29. The van der Waals surface area contributed by atoms with Crippen molar-refractivity contribution in [1.82, 2.24) is 9.97 Å². The zero-order valence-electron chi connectivity index (χ0n) is 10.0. The van der Waals surface area contributed by atoms with Gasteiger partial charge in [0.05, 0.1) is 6.33 Å². The minimum atomic E-state index is -0.285. The molecule has 4 nitrogen and oxygen atoms in total. The molecule has 1 aromatic rings. The lowest BCUT2D eigenvalue weighted by Crippen LogP contribution is -2.28. The number of anilines is 1. The number of aromatic amines is 1. The molecule has 1 heterocycles. The third kappa shape index (κ3) is 3.00. The molecule has 0 amide bonds. The zero-order chi connectivity index (χ0) is 12.3. The molecule has 1 aliphatic carbocycles. The summed E-state index contributed by atoms with van der Waals surface area (Å²) in [5, 5.41) is 3.45. The van der Waals surface area contributed by atoms with Crippen molar-refractivity contribution in [3.05, 3.63) is 21.7 Å². The van der Waals surface area contributed by atoms with Crippen LogP contribution in [-0.2, 0) is 0 Å². The van der Waals surface area contributed by atoms with Crippen molar-refractivity contribution < 1.29 is 0 Å². The lowest BCUT2D eigenvalue weighted by molar-refractivity contribution is 0.327. The fourth-order valence-corrected chi connectivity index (χ4v) is 2.63. The van der Waals surface area contributed by atoms with Crippen molar-refractivity contribution in [2.75, 3.05) is 5.32 Å². The fraction of sp³-hybridized carbons (Fsp3) is 0.667. The Labute approximate surface area is 106 Å². The number of hydrogen-bond acceptors (Lipinski definition) is 3. The second kappa shape index (κ2) is 5.54. The molecular formula is C12H18ClN3O. The number of rotatable bonds is 3. The Balaban J connectivity index is 2.05. The summed E-state index contributed by atoms with van der Waals surface area (Å²) in [6.45, 7) is 2.23. The maximum absolute atomic E-state index is 11.3. The molecule has 0 bridgehead atoms. The minimum Gasteiger partial charge on any atom is -0.366 e. The summed E-state index contributed by atoms with van der Waals surface area (Å²) >= 11 is 5.91. The highest BCUT2D eigenvalue weighted by Gasteiger charge is 2.21. The van der Waals surface area contributed by atoms with Gasteiger partial charge in [-0.1, -0.05) is 37.8 Å². The summed E-state index contributed by atoms with van der Waals surface area (Å²) in [4.78, 5) is 17.9. The molecule has 17 heavy (non-hydrogen) atoms. The van der Waals surface area contributed by atoms with Gasteiger partial charge < -0.3 is 10.3 Å². The van der Waals surface area contributed by atoms with Crippen molar-refractivity contribution in [3.8, 4) is 0 Å². The smallest absolute Gasteiger partial charge is 0.271 e. The van der Waals surface area contributed by atoms with Crippen LogP contribution in [-0.4, -0.2) is 16.0 Å². The molecule has 0 aliphatic heterocycles. The largest absolute Gasteiger partial charge is 0.366 e. The molecule has 2 unspecified atom stereocenters. The van der Waals surface area contributed by atoms with E-state index < -0.39 is 0 Å². The molecule has 2 rings (SSSR count). The quantitative estimate of drug-likeness (QED) is 0.873. The van der Waals surface area contributed by atoms with Gasteiger partial charge in [-0.2, -0.15) is 0 Å². The van der Waals surface area contributed by atoms with E-state index in [0.29, 0.717) is 11.9 Å². The van der Waals surface area contributed by atoms with Gasteiger partial charge in [0.1, 0.15) is 5.02 Å². The number of halogens is 1. The van der Waals surface area contributed by atoms with Crippen molar-refractivity contribution >= 4 is 17.4 Å². The molecule has 94 valence electrons. The van der Waals surface area contributed by atoms with Crippen LogP contribution in [0.4, 0.5) is 5.82 Å². The van der Waals surface area contributed by atoms with Gasteiger partial charge in [-0.05, 0) is 18.8 Å². The van der Waals surface area contributed by atoms with E-state index in [1.165, 1.54) is 25.6 Å². The van der Waals surface area contributed by atoms with E-state index in [1.54, 1.807) is 0 Å². The van der Waals surface area contributed by atoms with Gasteiger partial charge >= 0.3 is 0 Å². The Morgan fingerprint density at radius 2 is 2.41 bits per heavy atom. The third-order valence-electron chi connectivity index (χ3n) is 3.50. The van der Waals surface area contributed by atoms with E-state index in [1.807, 2.05) is 0 Å². The number of aromatic nitrogens is 2. The van der Waals surface area contributed by atoms with E-state index >= 15 is 0 Å². The molecule has 0 saturated heterocycles. The molecule has 1 aliphatic rings. The van der Waals surface area contributed by atoms with Crippen LogP contribution in [0.15, 0.2) is 11.1 Å². The number of hydrogen-bond donors (Lipinski definition) is 2. The standard InChI is InChI=1S/C12H18ClN3O/c1-2-8-4-3-5-9(6-8)16-11-10(13)12(17)15-7-14-11/h7-9H,2-6H2,1H3,(H2,14,15,16,17). The van der Waals surface area contributed by atoms with Crippen LogP contribution in [0.25, 0.3) is 0 Å². The molecule has 0 spiro atoms. The molecule has 1 saturated carbocycles. The van der Waals surface area contributed by atoms with Gasteiger partial charge in [0.25, 0.3) is 5.56 Å². The van der Waals surface area contributed by atoms with Crippen LogP contribution < -0.4 is 10.9 Å². The number of H-pyrrole nitrogens is 1. The molecule has 1 aromatic heterocycles. The van der Waals surface area contributed by atoms with Crippen LogP contribution in [0.1, 0.15) is 39.0 Å². The SMILES string of the molecule is CCC1CCCC(Nc2nc[nH]c(=O)c2Cl)C1. The van der Waals surface area contributed by atoms with Gasteiger partial charge in [0, 0.05) is 6.04 Å². The van der Waals surface area contributed by atoms with Gasteiger partial charge in [0.2, 0.25) is 0 Å². The highest BCUT2D eigenvalue weighted by Crippen LogP contribution is 2.29. The first kappa shape index (κ1) is 12.4. The first-order valence-electron chi connectivity index (χ1n) is 6.20. The number of nitrogens with one attached hydrogen (secondary N) is 2. The average molecular weight is 256 g/mol.